The lowest BCUT2D eigenvalue weighted by atomic mass is 10.0. The molecule has 0 saturated carbocycles. The van der Waals surface area contributed by atoms with Gasteiger partial charge in [0.25, 0.3) is 0 Å². The van der Waals surface area contributed by atoms with Crippen molar-refractivity contribution < 1.29 is 9.59 Å². The fraction of sp³-hybridized carbons (Fsp3) is 0.846. The highest BCUT2D eigenvalue weighted by molar-refractivity contribution is 5.85. The van der Waals surface area contributed by atoms with Crippen LogP contribution in [0.2, 0.25) is 0 Å². The molecular weight excluding hydrogens is 266 g/mol. The summed E-state index contributed by atoms with van der Waals surface area (Å²) in [6.07, 6.45) is 1.71. The Morgan fingerprint density at radius 3 is 1.95 bits per heavy atom. The lowest BCUT2D eigenvalue weighted by Gasteiger charge is -2.46. The van der Waals surface area contributed by atoms with Crippen LogP contribution in [0.25, 0.3) is 0 Å². The molecule has 3 atom stereocenters. The van der Waals surface area contributed by atoms with Crippen molar-refractivity contribution >= 4 is 24.2 Å². The highest BCUT2D eigenvalue weighted by Gasteiger charge is 2.36. The topological polar surface area (TPSA) is 66.6 Å². The lowest BCUT2D eigenvalue weighted by Crippen LogP contribution is -2.62. The van der Waals surface area contributed by atoms with Crippen LogP contribution in [0, 0.1) is 0 Å². The molecule has 0 aromatic carbocycles. The Morgan fingerprint density at radius 1 is 1.16 bits per heavy atom. The maximum Gasteiger partial charge on any atom is 0.239 e. The van der Waals surface area contributed by atoms with Gasteiger partial charge in [-0.05, 0) is 19.8 Å². The zero-order valence-corrected chi connectivity index (χ0v) is 13.1. The summed E-state index contributed by atoms with van der Waals surface area (Å²) in [7, 11) is 0. The Balaban J connectivity index is 0.00000324. The maximum absolute atomic E-state index is 12.1. The van der Waals surface area contributed by atoms with E-state index in [9.17, 15) is 9.59 Å². The molecule has 0 radical (unpaired) electrons. The second kappa shape index (κ2) is 7.70. The van der Waals surface area contributed by atoms with Gasteiger partial charge in [0, 0.05) is 32.1 Å². The number of halogens is 1. The van der Waals surface area contributed by atoms with Gasteiger partial charge in [-0.3, -0.25) is 9.59 Å². The van der Waals surface area contributed by atoms with Gasteiger partial charge in [0.2, 0.25) is 11.8 Å². The molecule has 2 unspecified atom stereocenters. The molecule has 0 bridgehead atoms. The Kier molecular flexibility index (Phi) is 7.37. The average Bonchev–Trinajstić information content (AvgIpc) is 2.35. The zero-order chi connectivity index (χ0) is 13.9. The van der Waals surface area contributed by atoms with Gasteiger partial charge >= 0.3 is 0 Å². The van der Waals surface area contributed by atoms with E-state index in [1.54, 1.807) is 13.8 Å². The molecule has 1 aliphatic rings. The van der Waals surface area contributed by atoms with Crippen LogP contribution in [-0.4, -0.2) is 52.8 Å². The van der Waals surface area contributed by atoms with Crippen molar-refractivity contribution in [1.29, 1.82) is 0 Å². The largest absolute Gasteiger partial charge is 0.336 e. The molecule has 1 saturated heterocycles. The monoisotopic (exact) mass is 291 g/mol. The molecule has 112 valence electrons. The smallest absolute Gasteiger partial charge is 0.239 e. The van der Waals surface area contributed by atoms with E-state index in [2.05, 4.69) is 0 Å². The van der Waals surface area contributed by atoms with Gasteiger partial charge in [-0.1, -0.05) is 13.8 Å². The second-order valence-corrected chi connectivity index (χ2v) is 5.07. The quantitative estimate of drug-likeness (QED) is 0.844. The van der Waals surface area contributed by atoms with Crippen LogP contribution in [0.3, 0.4) is 0 Å². The number of carbonyl (C=O) groups is 2. The van der Waals surface area contributed by atoms with Crippen LogP contribution in [0.4, 0.5) is 0 Å². The first kappa shape index (κ1) is 18.2. The highest BCUT2D eigenvalue weighted by Crippen LogP contribution is 2.20. The predicted octanol–water partition coefficient (Wildman–Crippen LogP) is 1.00. The van der Waals surface area contributed by atoms with Crippen LogP contribution in [0.5, 0.6) is 0 Å². The van der Waals surface area contributed by atoms with E-state index >= 15 is 0 Å². The van der Waals surface area contributed by atoms with Gasteiger partial charge < -0.3 is 15.5 Å². The normalized spacial score (nSPS) is 24.7. The minimum absolute atomic E-state index is 0. The summed E-state index contributed by atoms with van der Waals surface area (Å²) < 4.78 is 0. The summed E-state index contributed by atoms with van der Waals surface area (Å²) in [5.74, 6) is 0.0803. The molecule has 0 aromatic rings. The molecule has 5 nitrogen and oxygen atoms in total. The molecular formula is C13H26ClN3O2. The van der Waals surface area contributed by atoms with Crippen LogP contribution >= 0.6 is 12.4 Å². The molecule has 0 spiro atoms. The van der Waals surface area contributed by atoms with E-state index in [4.69, 9.17) is 5.73 Å². The molecule has 2 N–H and O–H groups in total. The molecule has 1 rings (SSSR count). The number of nitrogens with two attached hydrogens (primary N) is 1. The van der Waals surface area contributed by atoms with E-state index in [0.29, 0.717) is 13.1 Å². The first-order chi connectivity index (χ1) is 8.42. The number of carbonyl (C=O) groups excluding carboxylic acids is 2. The van der Waals surface area contributed by atoms with E-state index in [1.165, 1.54) is 0 Å². The minimum atomic E-state index is -0.472. The predicted molar refractivity (Wildman–Crippen MR) is 78.2 cm³/mol. The molecule has 1 fully saturated rings. The summed E-state index contributed by atoms with van der Waals surface area (Å²) in [5, 5.41) is 0. The standard InChI is InChI=1S/C13H25N3O2.ClH/c1-5-11-8-16(13(18)9(3)14)12(6-2)7-15(11)10(4)17;/h9,11-12H,5-8,14H2,1-4H3;1H/t9-,11?,12?;/m1./s1. The van der Waals surface area contributed by atoms with Gasteiger partial charge in [0.15, 0.2) is 0 Å². The Morgan fingerprint density at radius 2 is 1.58 bits per heavy atom. The summed E-state index contributed by atoms with van der Waals surface area (Å²) in [6.45, 7) is 8.63. The van der Waals surface area contributed by atoms with Crippen LogP contribution < -0.4 is 5.73 Å². The summed E-state index contributed by atoms with van der Waals surface area (Å²) >= 11 is 0. The molecule has 0 aromatic heterocycles. The molecule has 1 aliphatic heterocycles. The van der Waals surface area contributed by atoms with Gasteiger partial charge in [0.05, 0.1) is 6.04 Å². The second-order valence-electron chi connectivity index (χ2n) is 5.07. The van der Waals surface area contributed by atoms with Gasteiger partial charge in [-0.2, -0.15) is 0 Å². The SMILES string of the molecule is CCC1CN(C(=O)[C@@H](C)N)C(CC)CN1C(C)=O.Cl. The Bertz CT molecular complexity index is 323. The molecule has 19 heavy (non-hydrogen) atoms. The van der Waals surface area contributed by atoms with Crippen LogP contribution in [0.1, 0.15) is 40.5 Å². The third-order valence-corrected chi connectivity index (χ3v) is 3.72. The molecule has 0 aliphatic carbocycles. The maximum atomic E-state index is 12.1. The number of hydrogen-bond donors (Lipinski definition) is 1. The van der Waals surface area contributed by atoms with E-state index in [-0.39, 0.29) is 36.3 Å². The number of piperazine rings is 1. The fourth-order valence-corrected chi connectivity index (χ4v) is 2.57. The van der Waals surface area contributed by atoms with Gasteiger partial charge in [-0.25, -0.2) is 0 Å². The number of rotatable bonds is 3. The van der Waals surface area contributed by atoms with Crippen molar-refractivity contribution in [3.63, 3.8) is 0 Å². The van der Waals surface area contributed by atoms with Crippen molar-refractivity contribution in [3.05, 3.63) is 0 Å². The molecule has 6 heteroatoms. The average molecular weight is 292 g/mol. The summed E-state index contributed by atoms with van der Waals surface area (Å²) in [6, 6.07) is -0.261. The Hall–Kier alpha value is -0.810. The van der Waals surface area contributed by atoms with E-state index in [0.717, 1.165) is 12.8 Å². The number of hydrogen-bond acceptors (Lipinski definition) is 3. The van der Waals surface area contributed by atoms with Gasteiger partial charge in [0.1, 0.15) is 0 Å². The molecule has 2 amide bonds. The number of amides is 2. The van der Waals surface area contributed by atoms with Gasteiger partial charge in [-0.15, -0.1) is 12.4 Å². The van der Waals surface area contributed by atoms with Crippen molar-refractivity contribution in [3.8, 4) is 0 Å². The van der Waals surface area contributed by atoms with Crippen molar-refractivity contribution in [2.24, 2.45) is 5.73 Å². The van der Waals surface area contributed by atoms with Crippen molar-refractivity contribution in [1.82, 2.24) is 9.80 Å². The summed E-state index contributed by atoms with van der Waals surface area (Å²) in [4.78, 5) is 27.5. The third kappa shape index (κ3) is 4.08. The first-order valence-electron chi connectivity index (χ1n) is 6.75. The van der Waals surface area contributed by atoms with Crippen molar-refractivity contribution in [2.75, 3.05) is 13.1 Å². The Labute approximate surface area is 121 Å². The van der Waals surface area contributed by atoms with Crippen molar-refractivity contribution in [2.45, 2.75) is 58.7 Å². The van der Waals surface area contributed by atoms with E-state index < -0.39 is 6.04 Å². The van der Waals surface area contributed by atoms with E-state index in [1.807, 2.05) is 23.6 Å². The highest BCUT2D eigenvalue weighted by atomic mass is 35.5. The third-order valence-electron chi connectivity index (χ3n) is 3.72. The summed E-state index contributed by atoms with van der Waals surface area (Å²) in [5.41, 5.74) is 5.69. The lowest BCUT2D eigenvalue weighted by molar-refractivity contribution is -0.146. The van der Waals surface area contributed by atoms with Crippen LogP contribution in [0.15, 0.2) is 0 Å². The fourth-order valence-electron chi connectivity index (χ4n) is 2.57. The van der Waals surface area contributed by atoms with Crippen LogP contribution in [-0.2, 0) is 9.59 Å². The molecule has 1 heterocycles. The first-order valence-corrected chi connectivity index (χ1v) is 6.75. The number of nitrogens with zero attached hydrogens (tertiary/aromatic N) is 2. The minimum Gasteiger partial charge on any atom is -0.336 e. The zero-order valence-electron chi connectivity index (χ0n) is 12.3.